The third-order valence-electron chi connectivity index (χ3n) is 2.66. The Labute approximate surface area is 115 Å². The number of pyridine rings is 1. The summed E-state index contributed by atoms with van der Waals surface area (Å²) in [6.45, 7) is 1.83. The van der Waals surface area contributed by atoms with Crippen LogP contribution in [0.25, 0.3) is 17.0 Å². The molecular formula is C14H12ClNO3. The molecule has 0 saturated carbocycles. The van der Waals surface area contributed by atoms with E-state index in [1.807, 2.05) is 6.92 Å². The largest absolute Gasteiger partial charge is 0.494 e. The highest BCUT2D eigenvalue weighted by Gasteiger charge is 2.11. The van der Waals surface area contributed by atoms with Gasteiger partial charge in [0.15, 0.2) is 0 Å². The van der Waals surface area contributed by atoms with E-state index in [9.17, 15) is 4.79 Å². The van der Waals surface area contributed by atoms with Gasteiger partial charge in [-0.15, -0.1) is 0 Å². The number of aromatic nitrogens is 1. The van der Waals surface area contributed by atoms with Gasteiger partial charge >= 0.3 is 5.97 Å². The molecule has 1 N–H and O–H groups in total. The minimum Gasteiger partial charge on any atom is -0.494 e. The van der Waals surface area contributed by atoms with Crippen molar-refractivity contribution in [3.8, 4) is 5.75 Å². The van der Waals surface area contributed by atoms with Gasteiger partial charge in [-0.1, -0.05) is 11.6 Å². The van der Waals surface area contributed by atoms with Gasteiger partial charge in [-0.3, -0.25) is 0 Å². The molecule has 4 nitrogen and oxygen atoms in total. The van der Waals surface area contributed by atoms with Crippen molar-refractivity contribution in [3.63, 3.8) is 0 Å². The molecule has 0 aliphatic carbocycles. The van der Waals surface area contributed by atoms with Crippen LogP contribution in [0.1, 0.15) is 11.3 Å². The van der Waals surface area contributed by atoms with Gasteiger partial charge in [-0.25, -0.2) is 9.78 Å². The predicted molar refractivity (Wildman–Crippen MR) is 74.7 cm³/mol. The Morgan fingerprint density at radius 3 is 2.84 bits per heavy atom. The van der Waals surface area contributed by atoms with Crippen LogP contribution in [-0.2, 0) is 4.79 Å². The molecular weight excluding hydrogens is 266 g/mol. The lowest BCUT2D eigenvalue weighted by atomic mass is 10.1. The molecule has 2 aromatic rings. The fourth-order valence-corrected chi connectivity index (χ4v) is 2.16. The lowest BCUT2D eigenvalue weighted by Gasteiger charge is -2.10. The van der Waals surface area contributed by atoms with E-state index in [2.05, 4.69) is 4.98 Å². The van der Waals surface area contributed by atoms with Gasteiger partial charge < -0.3 is 9.84 Å². The van der Waals surface area contributed by atoms with Gasteiger partial charge in [0.1, 0.15) is 11.3 Å². The molecule has 0 unspecified atom stereocenters. The summed E-state index contributed by atoms with van der Waals surface area (Å²) in [6, 6.07) is 5.23. The van der Waals surface area contributed by atoms with E-state index < -0.39 is 5.97 Å². The van der Waals surface area contributed by atoms with Crippen molar-refractivity contribution in [3.05, 3.63) is 40.6 Å². The molecule has 0 aliphatic rings. The van der Waals surface area contributed by atoms with Crippen LogP contribution in [0.3, 0.4) is 0 Å². The number of hydrogen-bond donors (Lipinski definition) is 1. The standard InChI is InChI=1S/C14H12ClNO3/c1-8-7-9(3-6-12(17)18)13-10(15)4-5-11(19-2)14(13)16-8/h3-7H,1-2H3,(H,17,18)/b6-3+. The van der Waals surface area contributed by atoms with Crippen LogP contribution in [-0.4, -0.2) is 23.2 Å². The maximum Gasteiger partial charge on any atom is 0.328 e. The van der Waals surface area contributed by atoms with Gasteiger partial charge in [0.05, 0.1) is 12.1 Å². The first-order chi connectivity index (χ1) is 9.02. The average molecular weight is 278 g/mol. The highest BCUT2D eigenvalue weighted by molar-refractivity contribution is 6.36. The molecule has 0 fully saturated rings. The lowest BCUT2D eigenvalue weighted by Crippen LogP contribution is -1.93. The van der Waals surface area contributed by atoms with Crippen molar-refractivity contribution >= 4 is 34.5 Å². The summed E-state index contributed by atoms with van der Waals surface area (Å²) >= 11 is 6.18. The maximum absolute atomic E-state index is 10.6. The molecule has 1 heterocycles. The van der Waals surface area contributed by atoms with Gasteiger partial charge in [-0.05, 0) is 36.8 Å². The van der Waals surface area contributed by atoms with E-state index in [1.165, 1.54) is 6.08 Å². The van der Waals surface area contributed by atoms with Crippen molar-refractivity contribution in [1.29, 1.82) is 0 Å². The maximum atomic E-state index is 10.6. The van der Waals surface area contributed by atoms with E-state index >= 15 is 0 Å². The topological polar surface area (TPSA) is 59.4 Å². The van der Waals surface area contributed by atoms with Crippen LogP contribution in [0, 0.1) is 6.92 Å². The van der Waals surface area contributed by atoms with Crippen LogP contribution >= 0.6 is 11.6 Å². The molecule has 2 rings (SSSR count). The zero-order chi connectivity index (χ0) is 14.0. The Kier molecular flexibility index (Phi) is 3.71. The minimum atomic E-state index is -1.01. The Hall–Kier alpha value is -2.07. The number of nitrogens with zero attached hydrogens (tertiary/aromatic N) is 1. The number of halogens is 1. The van der Waals surface area contributed by atoms with Crippen LogP contribution in [0.4, 0.5) is 0 Å². The molecule has 0 amide bonds. The Bertz CT molecular complexity index is 680. The number of aryl methyl sites for hydroxylation is 1. The van der Waals surface area contributed by atoms with Crippen molar-refractivity contribution in [2.24, 2.45) is 0 Å². The van der Waals surface area contributed by atoms with E-state index in [0.717, 1.165) is 11.8 Å². The summed E-state index contributed by atoms with van der Waals surface area (Å²) < 4.78 is 5.26. The second kappa shape index (κ2) is 5.28. The molecule has 1 aromatic carbocycles. The molecule has 19 heavy (non-hydrogen) atoms. The number of ether oxygens (including phenoxy) is 1. The molecule has 98 valence electrons. The van der Waals surface area contributed by atoms with E-state index in [-0.39, 0.29) is 0 Å². The number of carboxylic acid groups (broad SMARTS) is 1. The average Bonchev–Trinajstić information content (AvgIpc) is 2.36. The summed E-state index contributed by atoms with van der Waals surface area (Å²) in [5.41, 5.74) is 2.09. The number of fused-ring (bicyclic) bond motifs is 1. The highest BCUT2D eigenvalue weighted by Crippen LogP contribution is 2.33. The molecule has 5 heteroatoms. The monoisotopic (exact) mass is 277 g/mol. The first-order valence-electron chi connectivity index (χ1n) is 5.58. The summed E-state index contributed by atoms with van der Waals surface area (Å²) in [5, 5.41) is 9.92. The third-order valence-corrected chi connectivity index (χ3v) is 2.97. The number of methoxy groups -OCH3 is 1. The summed E-state index contributed by atoms with van der Waals surface area (Å²) in [7, 11) is 1.56. The van der Waals surface area contributed by atoms with Gasteiger partial charge in [0.2, 0.25) is 0 Å². The Morgan fingerprint density at radius 1 is 1.47 bits per heavy atom. The number of benzene rings is 1. The van der Waals surface area contributed by atoms with Crippen molar-refractivity contribution in [1.82, 2.24) is 4.98 Å². The predicted octanol–water partition coefficient (Wildman–Crippen LogP) is 3.30. The van der Waals surface area contributed by atoms with E-state index in [1.54, 1.807) is 25.3 Å². The van der Waals surface area contributed by atoms with Gasteiger partial charge in [0, 0.05) is 17.2 Å². The Morgan fingerprint density at radius 2 is 2.21 bits per heavy atom. The fourth-order valence-electron chi connectivity index (χ4n) is 1.90. The first kappa shape index (κ1) is 13.4. The van der Waals surface area contributed by atoms with Crippen LogP contribution in [0.15, 0.2) is 24.3 Å². The van der Waals surface area contributed by atoms with Crippen LogP contribution in [0.5, 0.6) is 5.75 Å². The third kappa shape index (κ3) is 2.69. The minimum absolute atomic E-state index is 0.508. The normalized spacial score (nSPS) is 11.1. The SMILES string of the molecule is COc1ccc(Cl)c2c(/C=C/C(=O)O)cc(C)nc12. The molecule has 0 saturated heterocycles. The highest BCUT2D eigenvalue weighted by atomic mass is 35.5. The summed E-state index contributed by atoms with van der Waals surface area (Å²) in [4.78, 5) is 15.0. The number of aliphatic carboxylic acids is 1. The van der Waals surface area contributed by atoms with Crippen molar-refractivity contribution in [2.75, 3.05) is 7.11 Å². The summed E-state index contributed by atoms with van der Waals surface area (Å²) in [5.74, 6) is -0.408. The molecule has 1 aromatic heterocycles. The first-order valence-corrected chi connectivity index (χ1v) is 5.95. The number of carboxylic acids is 1. The van der Waals surface area contributed by atoms with E-state index in [0.29, 0.717) is 27.2 Å². The van der Waals surface area contributed by atoms with Crippen molar-refractivity contribution in [2.45, 2.75) is 6.92 Å². The molecule has 0 atom stereocenters. The number of hydrogen-bond acceptors (Lipinski definition) is 3. The van der Waals surface area contributed by atoms with Crippen LogP contribution in [0.2, 0.25) is 5.02 Å². The quantitative estimate of drug-likeness (QED) is 0.875. The Balaban J connectivity index is 2.79. The summed E-state index contributed by atoms with van der Waals surface area (Å²) in [6.07, 6.45) is 2.58. The zero-order valence-corrected chi connectivity index (χ0v) is 11.2. The van der Waals surface area contributed by atoms with E-state index in [4.69, 9.17) is 21.4 Å². The zero-order valence-electron chi connectivity index (χ0n) is 10.5. The molecule has 0 radical (unpaired) electrons. The second-order valence-corrected chi connectivity index (χ2v) is 4.40. The fraction of sp³-hybridized carbons (Fsp3) is 0.143. The van der Waals surface area contributed by atoms with Gasteiger partial charge in [-0.2, -0.15) is 0 Å². The molecule has 0 aliphatic heterocycles. The number of carbonyl (C=O) groups is 1. The smallest absolute Gasteiger partial charge is 0.328 e. The van der Waals surface area contributed by atoms with Gasteiger partial charge in [0.25, 0.3) is 0 Å². The molecule has 0 spiro atoms. The van der Waals surface area contributed by atoms with Crippen molar-refractivity contribution < 1.29 is 14.6 Å². The number of rotatable bonds is 3. The van der Waals surface area contributed by atoms with Crippen LogP contribution < -0.4 is 4.74 Å². The lowest BCUT2D eigenvalue weighted by molar-refractivity contribution is -0.131. The second-order valence-electron chi connectivity index (χ2n) is 4.00. The molecule has 0 bridgehead atoms.